The molecule has 0 bridgehead atoms. The Labute approximate surface area is 165 Å². The fourth-order valence-electron chi connectivity index (χ4n) is 3.16. The number of fused-ring (bicyclic) bond motifs is 1. The molecule has 0 atom stereocenters. The van der Waals surface area contributed by atoms with Gasteiger partial charge in [-0.25, -0.2) is 4.79 Å². The van der Waals surface area contributed by atoms with E-state index in [1.54, 1.807) is 36.2 Å². The lowest BCUT2D eigenvalue weighted by Crippen LogP contribution is -2.50. The Bertz CT molecular complexity index is 1080. The lowest BCUT2D eigenvalue weighted by atomic mass is 10.1. The third-order valence-electron chi connectivity index (χ3n) is 4.56. The molecule has 0 spiro atoms. The summed E-state index contributed by atoms with van der Waals surface area (Å²) in [5.41, 5.74) is 3.47. The molecule has 1 N–H and O–H groups in total. The van der Waals surface area contributed by atoms with Gasteiger partial charge in [-0.3, -0.25) is 19.8 Å². The van der Waals surface area contributed by atoms with Crippen molar-refractivity contribution < 1.29 is 14.4 Å². The Hall–Kier alpha value is -3.33. The number of para-hydroxylation sites is 1. The van der Waals surface area contributed by atoms with E-state index in [0.717, 1.165) is 28.3 Å². The van der Waals surface area contributed by atoms with Gasteiger partial charge in [-0.15, -0.1) is 0 Å². The van der Waals surface area contributed by atoms with Gasteiger partial charge in [0, 0.05) is 26.6 Å². The van der Waals surface area contributed by atoms with Crippen LogP contribution >= 0.6 is 11.7 Å². The first-order valence-corrected chi connectivity index (χ1v) is 9.43. The van der Waals surface area contributed by atoms with Crippen molar-refractivity contribution in [1.82, 2.24) is 19.0 Å². The molecule has 3 aromatic rings. The van der Waals surface area contributed by atoms with E-state index in [0.29, 0.717) is 17.8 Å². The summed E-state index contributed by atoms with van der Waals surface area (Å²) in [6.45, 7) is 0.636. The van der Waals surface area contributed by atoms with Crippen LogP contribution in [0.3, 0.4) is 0 Å². The maximum Gasteiger partial charge on any atom is 0.328 e. The molecule has 0 radical (unpaired) electrons. The number of anilines is 1. The molecule has 2 heterocycles. The topological polar surface area (TPSA) is 95.5 Å². The van der Waals surface area contributed by atoms with E-state index in [1.807, 2.05) is 18.2 Å². The SMILES string of the molecule is CN(Cc1ccc2nsnc2c1)C(=O)c1ccccc1N1CCC(=O)NC1=O. The molecule has 2 aromatic carbocycles. The van der Waals surface area contributed by atoms with Crippen molar-refractivity contribution in [1.29, 1.82) is 0 Å². The molecule has 1 saturated heterocycles. The molecule has 4 amide bonds. The number of benzene rings is 2. The van der Waals surface area contributed by atoms with Crippen LogP contribution in [-0.4, -0.2) is 45.1 Å². The number of rotatable bonds is 4. The van der Waals surface area contributed by atoms with Crippen molar-refractivity contribution in [3.8, 4) is 0 Å². The number of urea groups is 1. The quantitative estimate of drug-likeness (QED) is 0.732. The highest BCUT2D eigenvalue weighted by Gasteiger charge is 2.28. The molecule has 1 aliphatic heterocycles. The normalized spacial score (nSPS) is 14.2. The summed E-state index contributed by atoms with van der Waals surface area (Å²) in [5, 5.41) is 2.29. The zero-order chi connectivity index (χ0) is 19.7. The van der Waals surface area contributed by atoms with Crippen LogP contribution in [0.5, 0.6) is 0 Å². The summed E-state index contributed by atoms with van der Waals surface area (Å²) in [4.78, 5) is 39.7. The number of aromatic nitrogens is 2. The highest BCUT2D eigenvalue weighted by molar-refractivity contribution is 7.00. The van der Waals surface area contributed by atoms with Gasteiger partial charge >= 0.3 is 6.03 Å². The Balaban J connectivity index is 1.57. The van der Waals surface area contributed by atoms with Crippen molar-refractivity contribution in [3.63, 3.8) is 0 Å². The summed E-state index contributed by atoms with van der Waals surface area (Å²) < 4.78 is 8.41. The van der Waals surface area contributed by atoms with E-state index in [4.69, 9.17) is 0 Å². The van der Waals surface area contributed by atoms with Gasteiger partial charge in [0.05, 0.1) is 23.0 Å². The second kappa shape index (κ2) is 7.35. The number of amides is 4. The predicted molar refractivity (Wildman–Crippen MR) is 105 cm³/mol. The fourth-order valence-corrected chi connectivity index (χ4v) is 3.68. The van der Waals surface area contributed by atoms with Crippen LogP contribution in [0, 0.1) is 0 Å². The smallest absolute Gasteiger partial charge is 0.328 e. The second-order valence-electron chi connectivity index (χ2n) is 6.52. The summed E-state index contributed by atoms with van der Waals surface area (Å²) in [7, 11) is 1.71. The number of hydrogen-bond donors (Lipinski definition) is 1. The minimum absolute atomic E-state index is 0.200. The van der Waals surface area contributed by atoms with Gasteiger partial charge in [0.1, 0.15) is 11.0 Å². The molecule has 8 nitrogen and oxygen atoms in total. The van der Waals surface area contributed by atoms with Crippen molar-refractivity contribution in [2.75, 3.05) is 18.5 Å². The van der Waals surface area contributed by atoms with Gasteiger partial charge in [-0.2, -0.15) is 8.75 Å². The van der Waals surface area contributed by atoms with Gasteiger partial charge < -0.3 is 4.90 Å². The lowest BCUT2D eigenvalue weighted by molar-refractivity contribution is -0.120. The number of carbonyl (C=O) groups is 3. The number of nitrogens with zero attached hydrogens (tertiary/aromatic N) is 4. The van der Waals surface area contributed by atoms with E-state index >= 15 is 0 Å². The molecule has 0 aliphatic carbocycles. The molecule has 28 heavy (non-hydrogen) atoms. The Morgan fingerprint density at radius 3 is 2.79 bits per heavy atom. The molecule has 4 rings (SSSR count). The molecule has 1 aromatic heterocycles. The van der Waals surface area contributed by atoms with Crippen LogP contribution in [0.15, 0.2) is 42.5 Å². The van der Waals surface area contributed by atoms with E-state index in [1.165, 1.54) is 4.90 Å². The van der Waals surface area contributed by atoms with E-state index in [-0.39, 0.29) is 24.8 Å². The monoisotopic (exact) mass is 395 g/mol. The highest BCUT2D eigenvalue weighted by atomic mass is 32.1. The Morgan fingerprint density at radius 2 is 1.96 bits per heavy atom. The Kier molecular flexibility index (Phi) is 4.74. The van der Waals surface area contributed by atoms with Crippen LogP contribution in [-0.2, 0) is 11.3 Å². The van der Waals surface area contributed by atoms with Crippen LogP contribution in [0.4, 0.5) is 10.5 Å². The third-order valence-corrected chi connectivity index (χ3v) is 5.12. The maximum atomic E-state index is 13.1. The summed E-state index contributed by atoms with van der Waals surface area (Å²) in [6.07, 6.45) is 0.200. The van der Waals surface area contributed by atoms with Crippen molar-refractivity contribution in [2.24, 2.45) is 0 Å². The first-order chi connectivity index (χ1) is 13.5. The van der Waals surface area contributed by atoms with Gasteiger partial charge in [-0.1, -0.05) is 18.2 Å². The number of carbonyl (C=O) groups excluding carboxylic acids is 3. The summed E-state index contributed by atoms with van der Waals surface area (Å²) >= 11 is 1.15. The third kappa shape index (κ3) is 3.44. The van der Waals surface area contributed by atoms with Crippen molar-refractivity contribution in [2.45, 2.75) is 13.0 Å². The van der Waals surface area contributed by atoms with Gasteiger partial charge in [0.15, 0.2) is 0 Å². The van der Waals surface area contributed by atoms with E-state index < -0.39 is 6.03 Å². The van der Waals surface area contributed by atoms with E-state index in [2.05, 4.69) is 14.1 Å². The number of imide groups is 1. The minimum atomic E-state index is -0.513. The first kappa shape index (κ1) is 18.1. The highest BCUT2D eigenvalue weighted by Crippen LogP contribution is 2.24. The van der Waals surface area contributed by atoms with Crippen LogP contribution < -0.4 is 10.2 Å². The number of nitrogens with one attached hydrogen (secondary N) is 1. The molecular formula is C19H17N5O3S. The molecule has 1 fully saturated rings. The fraction of sp³-hybridized carbons (Fsp3) is 0.211. The molecule has 142 valence electrons. The number of hydrogen-bond acceptors (Lipinski definition) is 6. The molecule has 0 saturated carbocycles. The van der Waals surface area contributed by atoms with Crippen molar-refractivity contribution in [3.05, 3.63) is 53.6 Å². The van der Waals surface area contributed by atoms with Crippen LogP contribution in [0.25, 0.3) is 11.0 Å². The second-order valence-corrected chi connectivity index (χ2v) is 7.05. The minimum Gasteiger partial charge on any atom is -0.337 e. The summed E-state index contributed by atoms with van der Waals surface area (Å²) in [6, 6.07) is 12.1. The zero-order valence-corrected chi connectivity index (χ0v) is 15.9. The average molecular weight is 395 g/mol. The average Bonchev–Trinajstić information content (AvgIpc) is 3.15. The molecule has 0 unspecified atom stereocenters. The van der Waals surface area contributed by atoms with Gasteiger partial charge in [0.25, 0.3) is 5.91 Å². The molecular weight excluding hydrogens is 378 g/mol. The van der Waals surface area contributed by atoms with Crippen LogP contribution in [0.1, 0.15) is 22.3 Å². The van der Waals surface area contributed by atoms with E-state index in [9.17, 15) is 14.4 Å². The largest absolute Gasteiger partial charge is 0.337 e. The standard InChI is InChI=1S/C19H17N5O3S/c1-23(11-12-6-7-14-15(10-12)22-28-21-14)18(26)13-4-2-3-5-16(13)24-9-8-17(25)20-19(24)27/h2-7,10H,8-9,11H2,1H3,(H,20,25,27). The van der Waals surface area contributed by atoms with Crippen LogP contribution in [0.2, 0.25) is 0 Å². The lowest BCUT2D eigenvalue weighted by Gasteiger charge is -2.29. The van der Waals surface area contributed by atoms with Gasteiger partial charge in [-0.05, 0) is 29.8 Å². The molecule has 9 heteroatoms. The zero-order valence-electron chi connectivity index (χ0n) is 15.1. The predicted octanol–water partition coefficient (Wildman–Crippen LogP) is 2.41. The molecule has 1 aliphatic rings. The summed E-state index contributed by atoms with van der Waals surface area (Å²) in [5.74, 6) is -0.522. The maximum absolute atomic E-state index is 13.1. The van der Waals surface area contributed by atoms with Gasteiger partial charge in [0.2, 0.25) is 5.91 Å². The Morgan fingerprint density at radius 1 is 1.18 bits per heavy atom. The first-order valence-electron chi connectivity index (χ1n) is 8.70. The van der Waals surface area contributed by atoms with Crippen molar-refractivity contribution >= 4 is 46.3 Å².